The van der Waals surface area contributed by atoms with Crippen molar-refractivity contribution in [1.82, 2.24) is 5.43 Å². The van der Waals surface area contributed by atoms with Crippen molar-refractivity contribution < 1.29 is 9.72 Å². The third-order valence-corrected chi connectivity index (χ3v) is 3.43. The molecular formula is C12H8ClN3O3S. The van der Waals surface area contributed by atoms with E-state index in [0.717, 1.165) is 10.9 Å². The summed E-state index contributed by atoms with van der Waals surface area (Å²) in [6.07, 6.45) is 1.50. The first kappa shape index (κ1) is 14.2. The number of nitrogens with zero attached hydrogens (tertiary/aromatic N) is 2. The average molecular weight is 310 g/mol. The predicted molar refractivity (Wildman–Crippen MR) is 77.5 cm³/mol. The molecule has 0 saturated carbocycles. The minimum Gasteiger partial charge on any atom is -0.267 e. The van der Waals surface area contributed by atoms with Gasteiger partial charge in [-0.3, -0.25) is 14.9 Å². The molecule has 102 valence electrons. The first-order chi connectivity index (χ1) is 9.58. The molecule has 0 unspecified atom stereocenters. The van der Waals surface area contributed by atoms with Gasteiger partial charge in [0.2, 0.25) is 0 Å². The van der Waals surface area contributed by atoms with Crippen LogP contribution in [0.4, 0.5) is 5.69 Å². The molecule has 20 heavy (non-hydrogen) atoms. The van der Waals surface area contributed by atoms with E-state index in [9.17, 15) is 14.9 Å². The molecule has 1 heterocycles. The van der Waals surface area contributed by atoms with Crippen molar-refractivity contribution in [2.45, 2.75) is 0 Å². The number of amides is 1. The number of hydrogen-bond acceptors (Lipinski definition) is 5. The largest absolute Gasteiger partial charge is 0.272 e. The third kappa shape index (κ3) is 3.40. The number of carbonyl (C=O) groups is 1. The molecule has 0 atom stereocenters. The van der Waals surface area contributed by atoms with E-state index in [1.807, 2.05) is 17.5 Å². The van der Waals surface area contributed by atoms with Crippen LogP contribution in [0.3, 0.4) is 0 Å². The van der Waals surface area contributed by atoms with Gasteiger partial charge in [-0.15, -0.1) is 11.3 Å². The lowest BCUT2D eigenvalue weighted by Crippen LogP contribution is -2.18. The number of nitrogens with one attached hydrogen (secondary N) is 1. The van der Waals surface area contributed by atoms with Crippen molar-refractivity contribution in [2.24, 2.45) is 5.10 Å². The fourth-order valence-electron chi connectivity index (χ4n) is 1.38. The van der Waals surface area contributed by atoms with Crippen LogP contribution in [0.1, 0.15) is 15.2 Å². The number of hydrogen-bond donors (Lipinski definition) is 1. The highest BCUT2D eigenvalue weighted by Crippen LogP contribution is 2.22. The highest BCUT2D eigenvalue weighted by atomic mass is 35.5. The van der Waals surface area contributed by atoms with Gasteiger partial charge in [0.1, 0.15) is 0 Å². The Kier molecular flexibility index (Phi) is 4.44. The molecule has 1 aromatic carbocycles. The van der Waals surface area contributed by atoms with Gasteiger partial charge in [0.25, 0.3) is 11.6 Å². The van der Waals surface area contributed by atoms with Crippen molar-refractivity contribution >= 4 is 40.7 Å². The van der Waals surface area contributed by atoms with Crippen molar-refractivity contribution in [3.05, 3.63) is 61.3 Å². The second kappa shape index (κ2) is 6.27. The van der Waals surface area contributed by atoms with Crippen molar-refractivity contribution in [3.63, 3.8) is 0 Å². The van der Waals surface area contributed by atoms with Gasteiger partial charge in [0, 0.05) is 17.0 Å². The van der Waals surface area contributed by atoms with Crippen molar-refractivity contribution in [2.75, 3.05) is 0 Å². The van der Waals surface area contributed by atoms with E-state index < -0.39 is 10.8 Å². The fourth-order valence-corrected chi connectivity index (χ4v) is 2.23. The molecule has 0 fully saturated rings. The molecule has 1 N–H and O–H groups in total. The van der Waals surface area contributed by atoms with Crippen LogP contribution in [-0.4, -0.2) is 17.0 Å². The fraction of sp³-hybridized carbons (Fsp3) is 0. The molecule has 0 aliphatic rings. The van der Waals surface area contributed by atoms with Gasteiger partial charge in [0.15, 0.2) is 0 Å². The molecule has 0 aliphatic heterocycles. The number of carbonyl (C=O) groups excluding carboxylic acids is 1. The summed E-state index contributed by atoms with van der Waals surface area (Å²) in [4.78, 5) is 22.7. The second-order valence-electron chi connectivity index (χ2n) is 3.64. The topological polar surface area (TPSA) is 84.6 Å². The Morgan fingerprint density at radius 3 is 2.85 bits per heavy atom. The summed E-state index contributed by atoms with van der Waals surface area (Å²) in [7, 11) is 0. The summed E-state index contributed by atoms with van der Waals surface area (Å²) in [6.45, 7) is 0. The Labute approximate surface area is 122 Å². The van der Waals surface area contributed by atoms with Crippen LogP contribution >= 0.6 is 22.9 Å². The molecule has 8 heteroatoms. The maximum atomic E-state index is 11.8. The molecule has 2 aromatic rings. The standard InChI is InChI=1S/C12H8ClN3O3S/c13-11-6-8(16(18)19)3-4-10(11)12(17)15-14-7-9-2-1-5-20-9/h1-7H,(H,15,17). The van der Waals surface area contributed by atoms with E-state index in [0.29, 0.717) is 0 Å². The number of hydrazone groups is 1. The lowest BCUT2D eigenvalue weighted by atomic mass is 10.2. The normalized spacial score (nSPS) is 10.7. The summed E-state index contributed by atoms with van der Waals surface area (Å²) in [5, 5.41) is 16.2. The third-order valence-electron chi connectivity index (χ3n) is 2.31. The van der Waals surface area contributed by atoms with Crippen LogP contribution in [0.25, 0.3) is 0 Å². The van der Waals surface area contributed by atoms with E-state index in [4.69, 9.17) is 11.6 Å². The molecule has 0 radical (unpaired) electrons. The summed E-state index contributed by atoms with van der Waals surface area (Å²) in [6, 6.07) is 7.33. The second-order valence-corrected chi connectivity index (χ2v) is 5.02. The Hall–Kier alpha value is -2.25. The van der Waals surface area contributed by atoms with Gasteiger partial charge in [-0.1, -0.05) is 17.7 Å². The van der Waals surface area contributed by atoms with Crippen LogP contribution in [0, 0.1) is 10.1 Å². The summed E-state index contributed by atoms with van der Waals surface area (Å²) in [5.41, 5.74) is 2.26. The maximum absolute atomic E-state index is 11.8. The van der Waals surface area contributed by atoms with Crippen LogP contribution in [0.2, 0.25) is 5.02 Å². The Morgan fingerprint density at radius 1 is 1.45 bits per heavy atom. The number of non-ortho nitro benzene ring substituents is 1. The van der Waals surface area contributed by atoms with Gasteiger partial charge in [-0.05, 0) is 17.5 Å². The van der Waals surface area contributed by atoms with Crippen LogP contribution in [0.15, 0.2) is 40.8 Å². The van der Waals surface area contributed by atoms with Gasteiger partial charge < -0.3 is 0 Å². The Bertz CT molecular complexity index is 671. The summed E-state index contributed by atoms with van der Waals surface area (Å²) in [5.74, 6) is -0.530. The monoisotopic (exact) mass is 309 g/mol. The van der Waals surface area contributed by atoms with Gasteiger partial charge in [0.05, 0.1) is 21.7 Å². The minimum atomic E-state index is -0.581. The number of rotatable bonds is 4. The van der Waals surface area contributed by atoms with Crippen LogP contribution in [0.5, 0.6) is 0 Å². The first-order valence-electron chi connectivity index (χ1n) is 5.39. The summed E-state index contributed by atoms with van der Waals surface area (Å²) >= 11 is 7.31. The first-order valence-corrected chi connectivity index (χ1v) is 6.64. The highest BCUT2D eigenvalue weighted by Gasteiger charge is 2.14. The number of benzene rings is 1. The number of nitro benzene ring substituents is 1. The lowest BCUT2D eigenvalue weighted by Gasteiger charge is -2.02. The molecule has 0 aliphatic carbocycles. The maximum Gasteiger partial charge on any atom is 0.272 e. The molecule has 2 rings (SSSR count). The quantitative estimate of drug-likeness (QED) is 0.535. The van der Waals surface area contributed by atoms with Gasteiger partial charge in [-0.2, -0.15) is 5.10 Å². The molecule has 6 nitrogen and oxygen atoms in total. The molecule has 1 aromatic heterocycles. The van der Waals surface area contributed by atoms with Crippen molar-refractivity contribution in [3.8, 4) is 0 Å². The zero-order valence-electron chi connectivity index (χ0n) is 9.95. The van der Waals surface area contributed by atoms with Gasteiger partial charge >= 0.3 is 0 Å². The zero-order chi connectivity index (χ0) is 14.5. The smallest absolute Gasteiger partial charge is 0.267 e. The number of thiophene rings is 1. The zero-order valence-corrected chi connectivity index (χ0v) is 11.5. The number of nitro groups is 1. The van der Waals surface area contributed by atoms with Crippen molar-refractivity contribution in [1.29, 1.82) is 0 Å². The van der Waals surface area contributed by atoms with E-state index in [-0.39, 0.29) is 16.3 Å². The van der Waals surface area contributed by atoms with E-state index >= 15 is 0 Å². The Morgan fingerprint density at radius 2 is 2.25 bits per heavy atom. The molecular weight excluding hydrogens is 302 g/mol. The predicted octanol–water partition coefficient (Wildman–Crippen LogP) is 3.07. The Balaban J connectivity index is 2.08. The highest BCUT2D eigenvalue weighted by molar-refractivity contribution is 7.11. The number of halogens is 1. The van der Waals surface area contributed by atoms with Gasteiger partial charge in [-0.25, -0.2) is 5.43 Å². The minimum absolute atomic E-state index is 0.00280. The van der Waals surface area contributed by atoms with E-state index in [1.54, 1.807) is 0 Å². The van der Waals surface area contributed by atoms with Crippen LogP contribution < -0.4 is 5.43 Å². The molecule has 0 saturated heterocycles. The SMILES string of the molecule is O=C(NN=Cc1cccs1)c1ccc([N+](=O)[O-])cc1Cl. The molecule has 0 spiro atoms. The van der Waals surface area contributed by atoms with Crippen LogP contribution in [-0.2, 0) is 0 Å². The molecule has 0 bridgehead atoms. The molecule has 1 amide bonds. The summed E-state index contributed by atoms with van der Waals surface area (Å²) < 4.78 is 0. The van der Waals surface area contributed by atoms with E-state index in [2.05, 4.69) is 10.5 Å². The lowest BCUT2D eigenvalue weighted by molar-refractivity contribution is -0.384. The van der Waals surface area contributed by atoms with E-state index in [1.165, 1.54) is 29.7 Å². The average Bonchev–Trinajstić information content (AvgIpc) is 2.91.